The molecule has 1 N–H and O–H groups in total. The van der Waals surface area contributed by atoms with Gasteiger partial charge in [-0.05, 0) is 37.8 Å². The molecule has 108 valence electrons. The smallest absolute Gasteiger partial charge is 0.311 e. The van der Waals surface area contributed by atoms with E-state index in [2.05, 4.69) is 36.1 Å². The Morgan fingerprint density at radius 3 is 2.70 bits per heavy atom. The lowest BCUT2D eigenvalue weighted by Crippen LogP contribution is -2.46. The van der Waals surface area contributed by atoms with Crippen molar-refractivity contribution in [3.63, 3.8) is 0 Å². The summed E-state index contributed by atoms with van der Waals surface area (Å²) in [6.45, 7) is 2.87. The van der Waals surface area contributed by atoms with Crippen LogP contribution in [0.4, 0.5) is 5.69 Å². The van der Waals surface area contributed by atoms with Gasteiger partial charge in [-0.3, -0.25) is 4.79 Å². The molecule has 1 unspecified atom stereocenters. The molecular weight excluding hydrogens is 250 g/mol. The molecule has 0 spiro atoms. The number of hydrogen-bond donors (Lipinski definition) is 1. The normalized spacial score (nSPS) is 24.4. The largest absolute Gasteiger partial charge is 0.481 e. The van der Waals surface area contributed by atoms with E-state index in [4.69, 9.17) is 0 Å². The van der Waals surface area contributed by atoms with Gasteiger partial charge in [0.25, 0.3) is 0 Å². The molecule has 1 aromatic rings. The van der Waals surface area contributed by atoms with Crippen LogP contribution in [-0.2, 0) is 11.2 Å². The van der Waals surface area contributed by atoms with Gasteiger partial charge in [0.15, 0.2) is 0 Å². The van der Waals surface area contributed by atoms with Crippen molar-refractivity contribution in [3.05, 3.63) is 29.8 Å². The molecule has 0 bridgehead atoms. The zero-order chi connectivity index (χ0) is 14.2. The van der Waals surface area contributed by atoms with Crippen molar-refractivity contribution in [1.29, 1.82) is 0 Å². The zero-order valence-corrected chi connectivity index (χ0v) is 12.1. The van der Waals surface area contributed by atoms with Gasteiger partial charge in [-0.15, -0.1) is 0 Å². The van der Waals surface area contributed by atoms with Crippen LogP contribution in [0, 0.1) is 5.41 Å². The Morgan fingerprint density at radius 2 is 2.00 bits per heavy atom. The molecule has 3 rings (SSSR count). The molecular formula is C17H23NO2. The highest BCUT2D eigenvalue weighted by Gasteiger charge is 2.43. The van der Waals surface area contributed by atoms with Gasteiger partial charge in [0, 0.05) is 18.3 Å². The van der Waals surface area contributed by atoms with Crippen LogP contribution in [0.2, 0.25) is 0 Å². The van der Waals surface area contributed by atoms with Crippen LogP contribution in [-0.4, -0.2) is 23.7 Å². The maximum absolute atomic E-state index is 11.9. The summed E-state index contributed by atoms with van der Waals surface area (Å²) in [5, 5.41) is 9.76. The molecule has 0 amide bonds. The summed E-state index contributed by atoms with van der Waals surface area (Å²) in [6, 6.07) is 8.84. The molecule has 2 aliphatic rings. The summed E-state index contributed by atoms with van der Waals surface area (Å²) in [5.74, 6) is -0.603. The summed E-state index contributed by atoms with van der Waals surface area (Å²) in [6.07, 6.45) is 5.97. The second-order valence-corrected chi connectivity index (χ2v) is 6.46. The monoisotopic (exact) mass is 273 g/mol. The number of carboxylic acids is 1. The third-order valence-electron chi connectivity index (χ3n) is 5.09. The maximum Gasteiger partial charge on any atom is 0.311 e. The number of carboxylic acid groups (broad SMARTS) is 1. The number of anilines is 1. The second kappa shape index (κ2) is 5.12. The maximum atomic E-state index is 11.9. The molecule has 1 saturated carbocycles. The van der Waals surface area contributed by atoms with Crippen LogP contribution >= 0.6 is 0 Å². The highest BCUT2D eigenvalue weighted by atomic mass is 16.4. The lowest BCUT2D eigenvalue weighted by Gasteiger charge is -2.39. The summed E-state index contributed by atoms with van der Waals surface area (Å²) >= 11 is 0. The Hall–Kier alpha value is -1.51. The van der Waals surface area contributed by atoms with E-state index in [-0.39, 0.29) is 0 Å². The summed E-state index contributed by atoms with van der Waals surface area (Å²) in [4.78, 5) is 14.2. The minimum Gasteiger partial charge on any atom is -0.481 e. The average Bonchev–Trinajstić information content (AvgIpc) is 2.76. The molecule has 1 aliphatic carbocycles. The fourth-order valence-electron chi connectivity index (χ4n) is 3.86. The SMILES string of the molecule is CC1Cc2ccccc2N1CC1(C(=O)O)CCCCC1. The van der Waals surface area contributed by atoms with Gasteiger partial charge in [-0.1, -0.05) is 37.5 Å². The zero-order valence-electron chi connectivity index (χ0n) is 12.1. The minimum atomic E-state index is -0.603. The Kier molecular flexibility index (Phi) is 3.45. The van der Waals surface area contributed by atoms with Gasteiger partial charge in [0.1, 0.15) is 0 Å². The van der Waals surface area contributed by atoms with Crippen LogP contribution in [0.3, 0.4) is 0 Å². The predicted molar refractivity (Wildman–Crippen MR) is 80.1 cm³/mol. The van der Waals surface area contributed by atoms with Crippen LogP contribution in [0.5, 0.6) is 0 Å². The van der Waals surface area contributed by atoms with Gasteiger partial charge in [-0.25, -0.2) is 0 Å². The minimum absolute atomic E-state index is 0.408. The molecule has 1 aliphatic heterocycles. The van der Waals surface area contributed by atoms with E-state index in [1.165, 1.54) is 17.7 Å². The number of nitrogens with zero attached hydrogens (tertiary/aromatic N) is 1. The predicted octanol–water partition coefficient (Wildman–Crippen LogP) is 3.47. The fourth-order valence-corrected chi connectivity index (χ4v) is 3.86. The highest BCUT2D eigenvalue weighted by Crippen LogP contribution is 2.41. The van der Waals surface area contributed by atoms with Crippen molar-refractivity contribution in [2.24, 2.45) is 5.41 Å². The molecule has 0 aromatic heterocycles. The Balaban J connectivity index is 1.87. The first kappa shape index (κ1) is 13.5. The Morgan fingerprint density at radius 1 is 1.30 bits per heavy atom. The number of rotatable bonds is 3. The molecule has 3 heteroatoms. The van der Waals surface area contributed by atoms with E-state index in [0.717, 1.165) is 32.1 Å². The number of aliphatic carboxylic acids is 1. The molecule has 1 fully saturated rings. The lowest BCUT2D eigenvalue weighted by atomic mass is 9.73. The summed E-state index contributed by atoms with van der Waals surface area (Å²) < 4.78 is 0. The van der Waals surface area contributed by atoms with Crippen molar-refractivity contribution in [1.82, 2.24) is 0 Å². The standard InChI is InChI=1S/C17H23NO2/c1-13-11-14-7-3-4-8-15(14)18(13)12-17(16(19)20)9-5-2-6-10-17/h3-4,7-8,13H,2,5-6,9-12H2,1H3,(H,19,20). The average molecular weight is 273 g/mol. The fraction of sp³-hybridized carbons (Fsp3) is 0.588. The second-order valence-electron chi connectivity index (χ2n) is 6.46. The quantitative estimate of drug-likeness (QED) is 0.916. The summed E-state index contributed by atoms with van der Waals surface area (Å²) in [7, 11) is 0. The van der Waals surface area contributed by atoms with Crippen molar-refractivity contribution in [2.45, 2.75) is 51.5 Å². The molecule has 0 radical (unpaired) electrons. The van der Waals surface area contributed by atoms with E-state index >= 15 is 0 Å². The third kappa shape index (κ3) is 2.19. The molecule has 1 atom stereocenters. The van der Waals surface area contributed by atoms with E-state index in [1.807, 2.05) is 0 Å². The van der Waals surface area contributed by atoms with Crippen molar-refractivity contribution in [3.8, 4) is 0 Å². The third-order valence-corrected chi connectivity index (χ3v) is 5.09. The van der Waals surface area contributed by atoms with Gasteiger partial charge < -0.3 is 10.0 Å². The molecule has 20 heavy (non-hydrogen) atoms. The molecule has 0 saturated heterocycles. The molecule has 1 heterocycles. The number of benzene rings is 1. The number of para-hydroxylation sites is 1. The van der Waals surface area contributed by atoms with Crippen molar-refractivity contribution in [2.75, 3.05) is 11.4 Å². The van der Waals surface area contributed by atoms with Gasteiger partial charge in [0.2, 0.25) is 0 Å². The van der Waals surface area contributed by atoms with Gasteiger partial charge in [0.05, 0.1) is 5.41 Å². The molecule has 1 aromatic carbocycles. The highest BCUT2D eigenvalue weighted by molar-refractivity contribution is 5.76. The van der Waals surface area contributed by atoms with E-state index < -0.39 is 11.4 Å². The first-order valence-corrected chi connectivity index (χ1v) is 7.70. The van der Waals surface area contributed by atoms with Gasteiger partial charge in [-0.2, -0.15) is 0 Å². The van der Waals surface area contributed by atoms with Gasteiger partial charge >= 0.3 is 5.97 Å². The number of hydrogen-bond acceptors (Lipinski definition) is 2. The number of fused-ring (bicyclic) bond motifs is 1. The Bertz CT molecular complexity index is 505. The topological polar surface area (TPSA) is 40.5 Å². The van der Waals surface area contributed by atoms with Crippen LogP contribution < -0.4 is 4.90 Å². The molecule has 3 nitrogen and oxygen atoms in total. The van der Waals surface area contributed by atoms with Crippen LogP contribution in [0.25, 0.3) is 0 Å². The van der Waals surface area contributed by atoms with Crippen LogP contribution in [0.15, 0.2) is 24.3 Å². The number of carbonyl (C=O) groups is 1. The Labute approximate surface area is 120 Å². The van der Waals surface area contributed by atoms with Crippen molar-refractivity contribution < 1.29 is 9.90 Å². The summed E-state index contributed by atoms with van der Waals surface area (Å²) in [5.41, 5.74) is 2.06. The van der Waals surface area contributed by atoms with Crippen molar-refractivity contribution >= 4 is 11.7 Å². The van der Waals surface area contributed by atoms with E-state index in [1.54, 1.807) is 0 Å². The first-order valence-electron chi connectivity index (χ1n) is 7.70. The first-order chi connectivity index (χ1) is 9.62. The van der Waals surface area contributed by atoms with Crippen LogP contribution in [0.1, 0.15) is 44.6 Å². The van der Waals surface area contributed by atoms with E-state index in [9.17, 15) is 9.90 Å². The lowest BCUT2D eigenvalue weighted by molar-refractivity contribution is -0.150. The van der Waals surface area contributed by atoms with E-state index in [0.29, 0.717) is 12.6 Å².